The van der Waals surface area contributed by atoms with Crippen molar-refractivity contribution in [3.63, 3.8) is 0 Å². The molecule has 156 valence electrons. The molecule has 3 aromatic rings. The van der Waals surface area contributed by atoms with Crippen LogP contribution in [0.15, 0.2) is 77.7 Å². The molecule has 0 heterocycles. The number of amides is 1. The van der Waals surface area contributed by atoms with Gasteiger partial charge in [0.05, 0.1) is 16.6 Å². The number of anilines is 1. The fraction of sp³-hybridized carbons (Fsp3) is 0.208. The van der Waals surface area contributed by atoms with E-state index in [0.717, 1.165) is 16.7 Å². The molecular weight excluding hydrogens is 396 g/mol. The van der Waals surface area contributed by atoms with Crippen LogP contribution in [0.5, 0.6) is 0 Å². The topological polar surface area (TPSA) is 66.5 Å². The Labute approximate surface area is 178 Å². The highest BCUT2D eigenvalue weighted by Crippen LogP contribution is 2.27. The van der Waals surface area contributed by atoms with E-state index in [-0.39, 0.29) is 16.8 Å². The number of aryl methyl sites for hydroxylation is 2. The van der Waals surface area contributed by atoms with Gasteiger partial charge in [0, 0.05) is 12.6 Å². The summed E-state index contributed by atoms with van der Waals surface area (Å²) < 4.78 is 27.2. The first-order valence-electron chi connectivity index (χ1n) is 9.73. The van der Waals surface area contributed by atoms with Crippen molar-refractivity contribution in [3.05, 3.63) is 95.1 Å². The molecule has 0 saturated carbocycles. The van der Waals surface area contributed by atoms with E-state index in [4.69, 9.17) is 0 Å². The molecule has 0 aliphatic carbocycles. The first kappa shape index (κ1) is 21.6. The second kappa shape index (κ2) is 8.71. The lowest BCUT2D eigenvalue weighted by molar-refractivity contribution is 0.0940. The van der Waals surface area contributed by atoms with E-state index in [0.29, 0.717) is 11.3 Å². The molecule has 0 unspecified atom stereocenters. The van der Waals surface area contributed by atoms with Crippen molar-refractivity contribution in [3.8, 4) is 0 Å². The van der Waals surface area contributed by atoms with Crippen LogP contribution in [0.4, 0.5) is 5.69 Å². The van der Waals surface area contributed by atoms with Gasteiger partial charge >= 0.3 is 0 Å². The number of hydrogen-bond acceptors (Lipinski definition) is 3. The van der Waals surface area contributed by atoms with Crippen LogP contribution in [0.1, 0.15) is 40.0 Å². The van der Waals surface area contributed by atoms with Gasteiger partial charge < -0.3 is 5.32 Å². The largest absolute Gasteiger partial charge is 0.346 e. The minimum Gasteiger partial charge on any atom is -0.346 e. The van der Waals surface area contributed by atoms with Crippen molar-refractivity contribution in [2.75, 3.05) is 11.4 Å². The first-order chi connectivity index (χ1) is 14.2. The number of benzene rings is 3. The highest BCUT2D eigenvalue weighted by Gasteiger charge is 2.23. The molecule has 0 aliphatic heterocycles. The minimum atomic E-state index is -3.73. The van der Waals surface area contributed by atoms with E-state index < -0.39 is 10.0 Å². The van der Waals surface area contributed by atoms with Crippen LogP contribution in [0.3, 0.4) is 0 Å². The molecule has 1 atom stereocenters. The summed E-state index contributed by atoms with van der Waals surface area (Å²) in [7, 11) is -2.22. The molecule has 0 saturated heterocycles. The van der Waals surface area contributed by atoms with Crippen molar-refractivity contribution >= 4 is 21.6 Å². The number of carbonyl (C=O) groups excluding carboxylic acids is 1. The second-order valence-electron chi connectivity index (χ2n) is 7.34. The van der Waals surface area contributed by atoms with E-state index in [1.54, 1.807) is 48.5 Å². The van der Waals surface area contributed by atoms with Gasteiger partial charge in [0.25, 0.3) is 15.9 Å². The van der Waals surface area contributed by atoms with Gasteiger partial charge in [-0.2, -0.15) is 0 Å². The molecule has 3 aromatic carbocycles. The Kier molecular flexibility index (Phi) is 6.27. The molecule has 5 nitrogen and oxygen atoms in total. The van der Waals surface area contributed by atoms with Gasteiger partial charge in [-0.3, -0.25) is 9.10 Å². The zero-order chi connectivity index (χ0) is 21.9. The maximum Gasteiger partial charge on any atom is 0.264 e. The molecule has 0 bridgehead atoms. The van der Waals surface area contributed by atoms with E-state index >= 15 is 0 Å². The highest BCUT2D eigenvalue weighted by molar-refractivity contribution is 7.92. The lowest BCUT2D eigenvalue weighted by Crippen LogP contribution is -2.29. The van der Waals surface area contributed by atoms with Crippen molar-refractivity contribution in [1.29, 1.82) is 0 Å². The zero-order valence-electron chi connectivity index (χ0n) is 17.6. The minimum absolute atomic E-state index is 0.172. The third kappa shape index (κ3) is 4.39. The van der Waals surface area contributed by atoms with Gasteiger partial charge in [-0.1, -0.05) is 48.5 Å². The predicted molar refractivity (Wildman–Crippen MR) is 120 cm³/mol. The smallest absolute Gasteiger partial charge is 0.264 e. The van der Waals surface area contributed by atoms with Crippen LogP contribution < -0.4 is 9.62 Å². The molecule has 0 spiro atoms. The summed E-state index contributed by atoms with van der Waals surface area (Å²) in [6.07, 6.45) is 0. The molecule has 1 N–H and O–H groups in total. The Balaban J connectivity index is 1.88. The standard InChI is InChI=1S/C24H26N2O3S/c1-17-10-8-9-13-22(17)19(3)25-24(27)20-15-14-18(2)23(16-20)26(4)30(28,29)21-11-6-5-7-12-21/h5-16,19H,1-4H3,(H,25,27)/t19-/m1/s1. The number of nitrogens with zero attached hydrogens (tertiary/aromatic N) is 1. The average Bonchev–Trinajstić information content (AvgIpc) is 2.74. The number of nitrogens with one attached hydrogen (secondary N) is 1. The molecular formula is C24H26N2O3S. The van der Waals surface area contributed by atoms with Gasteiger partial charge in [0.1, 0.15) is 0 Å². The molecule has 1 amide bonds. The lowest BCUT2D eigenvalue weighted by Gasteiger charge is -2.22. The Morgan fingerprint density at radius 3 is 2.20 bits per heavy atom. The van der Waals surface area contributed by atoms with E-state index in [9.17, 15) is 13.2 Å². The van der Waals surface area contributed by atoms with Gasteiger partial charge in [0.2, 0.25) is 0 Å². The fourth-order valence-electron chi connectivity index (χ4n) is 3.40. The lowest BCUT2D eigenvalue weighted by atomic mass is 10.0. The molecule has 3 rings (SSSR count). The highest BCUT2D eigenvalue weighted by atomic mass is 32.2. The van der Waals surface area contributed by atoms with E-state index in [1.165, 1.54) is 11.4 Å². The fourth-order valence-corrected chi connectivity index (χ4v) is 4.67. The number of rotatable bonds is 6. The van der Waals surface area contributed by atoms with Crippen molar-refractivity contribution in [2.45, 2.75) is 31.7 Å². The SMILES string of the molecule is Cc1ccccc1[C@@H](C)NC(=O)c1ccc(C)c(N(C)S(=O)(=O)c2ccccc2)c1. The van der Waals surface area contributed by atoms with Gasteiger partial charge in [0.15, 0.2) is 0 Å². The van der Waals surface area contributed by atoms with E-state index in [1.807, 2.05) is 45.0 Å². The van der Waals surface area contributed by atoms with Gasteiger partial charge in [-0.25, -0.2) is 8.42 Å². The Morgan fingerprint density at radius 1 is 0.900 bits per heavy atom. The van der Waals surface area contributed by atoms with Crippen LogP contribution in [-0.4, -0.2) is 21.4 Å². The third-order valence-electron chi connectivity index (χ3n) is 5.21. The van der Waals surface area contributed by atoms with Crippen LogP contribution in [0.25, 0.3) is 0 Å². The van der Waals surface area contributed by atoms with Gasteiger partial charge in [-0.15, -0.1) is 0 Å². The van der Waals surface area contributed by atoms with Crippen molar-refractivity contribution in [1.82, 2.24) is 5.32 Å². The summed E-state index contributed by atoms with van der Waals surface area (Å²) in [5.41, 5.74) is 3.78. The van der Waals surface area contributed by atoms with Crippen molar-refractivity contribution < 1.29 is 13.2 Å². The quantitative estimate of drug-likeness (QED) is 0.630. The van der Waals surface area contributed by atoms with Crippen LogP contribution >= 0.6 is 0 Å². The maximum absolute atomic E-state index is 13.0. The zero-order valence-corrected chi connectivity index (χ0v) is 18.4. The molecule has 0 radical (unpaired) electrons. The maximum atomic E-state index is 13.0. The number of sulfonamides is 1. The Bertz CT molecular complexity index is 1160. The summed E-state index contributed by atoms with van der Waals surface area (Å²) in [6, 6.07) is 21.1. The number of hydrogen-bond donors (Lipinski definition) is 1. The molecule has 0 aromatic heterocycles. The molecule has 6 heteroatoms. The Morgan fingerprint density at radius 2 is 1.53 bits per heavy atom. The summed E-state index contributed by atoms with van der Waals surface area (Å²) in [5.74, 6) is -0.252. The van der Waals surface area contributed by atoms with Crippen LogP contribution in [0.2, 0.25) is 0 Å². The predicted octanol–water partition coefficient (Wildman–Crippen LogP) is 4.62. The second-order valence-corrected chi connectivity index (χ2v) is 9.31. The summed E-state index contributed by atoms with van der Waals surface area (Å²) in [4.78, 5) is 13.1. The first-order valence-corrected chi connectivity index (χ1v) is 11.2. The van der Waals surface area contributed by atoms with Crippen LogP contribution in [0, 0.1) is 13.8 Å². The van der Waals surface area contributed by atoms with E-state index in [2.05, 4.69) is 5.32 Å². The van der Waals surface area contributed by atoms with Crippen molar-refractivity contribution in [2.24, 2.45) is 0 Å². The van der Waals surface area contributed by atoms with Gasteiger partial charge in [-0.05, 0) is 61.7 Å². The molecule has 0 fully saturated rings. The molecule has 0 aliphatic rings. The normalized spacial score (nSPS) is 12.3. The summed E-state index contributed by atoms with van der Waals surface area (Å²) >= 11 is 0. The van der Waals surface area contributed by atoms with Crippen LogP contribution in [-0.2, 0) is 10.0 Å². The number of carbonyl (C=O) groups is 1. The summed E-state index contributed by atoms with van der Waals surface area (Å²) in [5, 5.41) is 3.00. The summed E-state index contributed by atoms with van der Waals surface area (Å²) in [6.45, 7) is 5.76. The average molecular weight is 423 g/mol. The monoisotopic (exact) mass is 422 g/mol. The third-order valence-corrected chi connectivity index (χ3v) is 7.00. The Hall–Kier alpha value is -3.12. The molecule has 30 heavy (non-hydrogen) atoms.